The maximum atomic E-state index is 10.0. The third kappa shape index (κ3) is 2.25. The average Bonchev–Trinajstić information content (AvgIpc) is 2.16. The van der Waals surface area contributed by atoms with Crippen molar-refractivity contribution < 1.29 is 14.6 Å². The van der Waals surface area contributed by atoms with E-state index in [1.165, 1.54) is 0 Å². The molecule has 0 saturated heterocycles. The second-order valence-electron chi connectivity index (χ2n) is 4.16. The number of halogens is 1. The van der Waals surface area contributed by atoms with Crippen molar-refractivity contribution in [1.29, 1.82) is 0 Å². The quantitative estimate of drug-likeness (QED) is 0.889. The molecule has 0 aromatic heterocycles. The first kappa shape index (κ1) is 13.1. The van der Waals surface area contributed by atoms with Crippen LogP contribution in [0.5, 0.6) is 11.5 Å². The molecule has 0 fully saturated rings. The van der Waals surface area contributed by atoms with E-state index in [2.05, 4.69) is 0 Å². The summed E-state index contributed by atoms with van der Waals surface area (Å²) < 4.78 is 10.5. The van der Waals surface area contributed by atoms with Crippen LogP contribution in [0.3, 0.4) is 0 Å². The Hall–Kier alpha value is -0.930. The Morgan fingerprint density at radius 3 is 2.06 bits per heavy atom. The van der Waals surface area contributed by atoms with Gasteiger partial charge in [0.15, 0.2) is 0 Å². The van der Waals surface area contributed by atoms with Gasteiger partial charge in [0.25, 0.3) is 0 Å². The molecular formula is C12H17ClO3. The Balaban J connectivity index is 3.53. The molecule has 90 valence electrons. The minimum atomic E-state index is -1.01. The van der Waals surface area contributed by atoms with Crippen molar-refractivity contribution in [2.24, 2.45) is 0 Å². The number of rotatable bonds is 3. The summed E-state index contributed by atoms with van der Waals surface area (Å²) in [5.74, 6) is 1.18. The summed E-state index contributed by atoms with van der Waals surface area (Å²) in [4.78, 5) is 0. The summed E-state index contributed by atoms with van der Waals surface area (Å²) in [5.41, 5.74) is 0.430. The van der Waals surface area contributed by atoms with Crippen LogP contribution in [0.1, 0.15) is 25.0 Å². The summed E-state index contributed by atoms with van der Waals surface area (Å²) >= 11 is 6.08. The number of ether oxygens (including phenoxy) is 2. The zero-order valence-corrected chi connectivity index (χ0v) is 11.0. The summed E-state index contributed by atoms with van der Waals surface area (Å²) in [7, 11) is 3.11. The maximum absolute atomic E-state index is 10.0. The van der Waals surface area contributed by atoms with Crippen LogP contribution in [0, 0.1) is 6.92 Å². The van der Waals surface area contributed by atoms with Crippen LogP contribution in [-0.4, -0.2) is 19.3 Å². The lowest BCUT2D eigenvalue weighted by Gasteiger charge is -2.24. The maximum Gasteiger partial charge on any atom is 0.144 e. The van der Waals surface area contributed by atoms with Gasteiger partial charge in [-0.15, -0.1) is 0 Å². The van der Waals surface area contributed by atoms with Crippen molar-refractivity contribution in [3.8, 4) is 11.5 Å². The molecule has 0 radical (unpaired) electrons. The van der Waals surface area contributed by atoms with Crippen LogP contribution >= 0.6 is 11.6 Å². The molecule has 1 aromatic rings. The molecule has 4 heteroatoms. The molecule has 0 saturated carbocycles. The van der Waals surface area contributed by atoms with Gasteiger partial charge in [-0.25, -0.2) is 0 Å². The first-order valence-electron chi connectivity index (χ1n) is 4.96. The first-order valence-corrected chi connectivity index (χ1v) is 5.34. The van der Waals surface area contributed by atoms with Gasteiger partial charge in [0, 0.05) is 11.1 Å². The van der Waals surface area contributed by atoms with E-state index in [1.54, 1.807) is 34.1 Å². The molecule has 1 rings (SSSR count). The lowest BCUT2D eigenvalue weighted by molar-refractivity contribution is 0.0754. The van der Waals surface area contributed by atoms with Crippen molar-refractivity contribution in [2.75, 3.05) is 14.2 Å². The number of benzene rings is 1. The fraction of sp³-hybridized carbons (Fsp3) is 0.500. The fourth-order valence-electron chi connectivity index (χ4n) is 1.71. The number of hydrogen-bond donors (Lipinski definition) is 1. The van der Waals surface area contributed by atoms with Gasteiger partial charge in [-0.2, -0.15) is 0 Å². The summed E-state index contributed by atoms with van der Waals surface area (Å²) in [5, 5.41) is 10.5. The lowest BCUT2D eigenvalue weighted by atomic mass is 9.95. The average molecular weight is 245 g/mol. The van der Waals surface area contributed by atoms with Crippen LogP contribution in [0.25, 0.3) is 0 Å². The van der Waals surface area contributed by atoms with Crippen molar-refractivity contribution in [2.45, 2.75) is 26.4 Å². The van der Waals surface area contributed by atoms with E-state index in [0.717, 1.165) is 5.56 Å². The minimum absolute atomic E-state index is 0.470. The molecule has 0 aliphatic carbocycles. The lowest BCUT2D eigenvalue weighted by Crippen LogP contribution is -2.17. The van der Waals surface area contributed by atoms with E-state index < -0.39 is 5.60 Å². The van der Waals surface area contributed by atoms with Gasteiger partial charge in [-0.1, -0.05) is 11.6 Å². The molecule has 16 heavy (non-hydrogen) atoms. The normalized spacial score (nSPS) is 11.4. The van der Waals surface area contributed by atoms with Crippen LogP contribution in [-0.2, 0) is 5.60 Å². The highest BCUT2D eigenvalue weighted by atomic mass is 35.5. The van der Waals surface area contributed by atoms with E-state index in [9.17, 15) is 5.11 Å². The van der Waals surface area contributed by atoms with Crippen LogP contribution in [0.15, 0.2) is 6.07 Å². The number of methoxy groups -OCH3 is 2. The molecular weight excluding hydrogens is 228 g/mol. The molecule has 1 aromatic carbocycles. The molecule has 0 aliphatic rings. The van der Waals surface area contributed by atoms with Crippen LogP contribution < -0.4 is 9.47 Å². The monoisotopic (exact) mass is 244 g/mol. The van der Waals surface area contributed by atoms with Gasteiger partial charge < -0.3 is 14.6 Å². The van der Waals surface area contributed by atoms with Crippen molar-refractivity contribution in [3.05, 3.63) is 22.2 Å². The zero-order chi connectivity index (χ0) is 12.5. The summed E-state index contributed by atoms with van der Waals surface area (Å²) in [6.07, 6.45) is 0. The Morgan fingerprint density at radius 2 is 1.69 bits per heavy atom. The van der Waals surface area contributed by atoms with Gasteiger partial charge in [-0.05, 0) is 26.8 Å². The van der Waals surface area contributed by atoms with Gasteiger partial charge in [0.05, 0.1) is 24.8 Å². The second-order valence-corrected chi connectivity index (χ2v) is 4.56. The summed E-state index contributed by atoms with van der Waals surface area (Å²) in [6, 6.07) is 1.67. The molecule has 0 atom stereocenters. The molecule has 1 N–H and O–H groups in total. The zero-order valence-electron chi connectivity index (χ0n) is 10.2. The Kier molecular flexibility index (Phi) is 3.71. The highest BCUT2D eigenvalue weighted by molar-refractivity contribution is 6.32. The largest absolute Gasteiger partial charge is 0.496 e. The fourth-order valence-corrected chi connectivity index (χ4v) is 2.04. The van der Waals surface area contributed by atoms with Gasteiger partial charge in [0.2, 0.25) is 0 Å². The molecule has 0 spiro atoms. The molecule has 0 heterocycles. The molecule has 0 aliphatic heterocycles. The highest BCUT2D eigenvalue weighted by Crippen LogP contribution is 2.41. The highest BCUT2D eigenvalue weighted by Gasteiger charge is 2.25. The van der Waals surface area contributed by atoms with Gasteiger partial charge in [-0.3, -0.25) is 0 Å². The summed E-state index contributed by atoms with van der Waals surface area (Å²) in [6.45, 7) is 5.22. The van der Waals surface area contributed by atoms with Crippen molar-refractivity contribution >= 4 is 11.6 Å². The first-order chi connectivity index (χ1) is 7.32. The van der Waals surface area contributed by atoms with E-state index in [-0.39, 0.29) is 0 Å². The molecule has 0 amide bonds. The van der Waals surface area contributed by atoms with Gasteiger partial charge >= 0.3 is 0 Å². The van der Waals surface area contributed by atoms with Crippen LogP contribution in [0.4, 0.5) is 0 Å². The van der Waals surface area contributed by atoms with E-state index in [0.29, 0.717) is 22.1 Å². The predicted molar refractivity (Wildman–Crippen MR) is 64.5 cm³/mol. The SMILES string of the molecule is COc1c(Cl)cc(C(C)(C)O)c(OC)c1C. The number of hydrogen-bond acceptors (Lipinski definition) is 3. The van der Waals surface area contributed by atoms with Crippen molar-refractivity contribution in [3.63, 3.8) is 0 Å². The Bertz CT molecular complexity index is 394. The Morgan fingerprint density at radius 1 is 1.19 bits per heavy atom. The number of aliphatic hydroxyl groups is 1. The minimum Gasteiger partial charge on any atom is -0.496 e. The van der Waals surface area contributed by atoms with E-state index >= 15 is 0 Å². The van der Waals surface area contributed by atoms with E-state index in [1.807, 2.05) is 6.92 Å². The van der Waals surface area contributed by atoms with Crippen molar-refractivity contribution in [1.82, 2.24) is 0 Å². The molecule has 3 nitrogen and oxygen atoms in total. The van der Waals surface area contributed by atoms with Gasteiger partial charge in [0.1, 0.15) is 11.5 Å². The molecule has 0 unspecified atom stereocenters. The predicted octanol–water partition coefficient (Wildman–Crippen LogP) is 2.89. The molecule has 0 bridgehead atoms. The standard InChI is InChI=1S/C12H17ClO3/c1-7-10(15-4)8(12(2,3)14)6-9(13)11(7)16-5/h6,14H,1-5H3. The van der Waals surface area contributed by atoms with Crippen LogP contribution in [0.2, 0.25) is 5.02 Å². The third-order valence-electron chi connectivity index (χ3n) is 2.48. The smallest absolute Gasteiger partial charge is 0.144 e. The second kappa shape index (κ2) is 4.52. The van der Waals surface area contributed by atoms with E-state index in [4.69, 9.17) is 21.1 Å². The Labute approximate surface area is 101 Å². The third-order valence-corrected chi connectivity index (χ3v) is 2.76. The topological polar surface area (TPSA) is 38.7 Å².